The van der Waals surface area contributed by atoms with Crippen LogP contribution in [0.3, 0.4) is 0 Å². The lowest BCUT2D eigenvalue weighted by molar-refractivity contribution is -0.146. The first-order chi connectivity index (χ1) is 19.8. The van der Waals surface area contributed by atoms with Gasteiger partial charge in [0.25, 0.3) is 0 Å². The number of carbonyl (C=O) groups excluding carboxylic acids is 5. The topological polar surface area (TPSA) is 194 Å². The number of carbonyl (C=O) groups is 6. The number of carboxylic acids is 1. The van der Waals surface area contributed by atoms with Crippen LogP contribution in [-0.4, -0.2) is 87.4 Å². The Morgan fingerprint density at radius 2 is 1.45 bits per heavy atom. The summed E-state index contributed by atoms with van der Waals surface area (Å²) in [5, 5.41) is 29.8. The number of nitrogens with one attached hydrogen (secondary N) is 4. The third-order valence-electron chi connectivity index (χ3n) is 7.43. The average molecular weight is 588 g/mol. The van der Waals surface area contributed by atoms with Crippen molar-refractivity contribution in [3.63, 3.8) is 0 Å². The summed E-state index contributed by atoms with van der Waals surface area (Å²) < 4.78 is 0. The minimum absolute atomic E-state index is 0.00386. The monoisotopic (exact) mass is 587 g/mol. The van der Waals surface area contributed by atoms with Crippen LogP contribution in [0.4, 0.5) is 0 Å². The zero-order chi connectivity index (χ0) is 31.1. The summed E-state index contributed by atoms with van der Waals surface area (Å²) in [5.41, 5.74) is 0.575. The van der Waals surface area contributed by atoms with E-state index in [4.69, 9.17) is 0 Å². The van der Waals surface area contributed by atoms with Crippen molar-refractivity contribution in [2.75, 3.05) is 6.54 Å². The number of aliphatic carboxylic acids is 1. The standard InChI is InChI=1S/C29H41N5O8/c1-15(2)12-19-25(38)30-20(13-17-7-9-18(35)10-8-17)26(39)32-21(14-23(36)37)29(42)34-11-5-6-22(34)27(40)33-24(16(3)4)28(41)31-19/h7-10,15-16,19-22,24,35H,5-6,11-14H2,1-4H3,(H,30,38)(H,31,41)(H,32,39)(H,33,40)(H,36,37)/t19-,20+,21+,22-,24+/m1/s1. The van der Waals surface area contributed by atoms with E-state index < -0.39 is 72.1 Å². The summed E-state index contributed by atoms with van der Waals surface area (Å²) in [5.74, 6) is -5.05. The van der Waals surface area contributed by atoms with E-state index in [2.05, 4.69) is 21.3 Å². The fourth-order valence-corrected chi connectivity index (χ4v) is 5.25. The predicted molar refractivity (Wildman–Crippen MR) is 151 cm³/mol. The number of phenolic OH excluding ortho intramolecular Hbond substituents is 1. The molecule has 3 rings (SSSR count). The van der Waals surface area contributed by atoms with Gasteiger partial charge in [-0.05, 0) is 48.8 Å². The number of hydrogen-bond acceptors (Lipinski definition) is 7. The van der Waals surface area contributed by atoms with Crippen molar-refractivity contribution in [1.29, 1.82) is 0 Å². The normalized spacial score (nSPS) is 26.1. The number of hydrogen-bond donors (Lipinski definition) is 6. The molecule has 13 nitrogen and oxygen atoms in total. The fraction of sp³-hybridized carbons (Fsp3) is 0.586. The summed E-state index contributed by atoms with van der Waals surface area (Å²) in [4.78, 5) is 80.5. The Morgan fingerprint density at radius 1 is 0.857 bits per heavy atom. The maximum absolute atomic E-state index is 13.6. The smallest absolute Gasteiger partial charge is 0.305 e. The predicted octanol–water partition coefficient (Wildman–Crippen LogP) is 0.0553. The second-order valence-corrected chi connectivity index (χ2v) is 11.7. The van der Waals surface area contributed by atoms with Crippen molar-refractivity contribution in [3.05, 3.63) is 29.8 Å². The molecule has 2 aliphatic heterocycles. The van der Waals surface area contributed by atoms with Crippen molar-refractivity contribution in [2.45, 2.75) is 90.0 Å². The van der Waals surface area contributed by atoms with Crippen LogP contribution < -0.4 is 21.3 Å². The zero-order valence-corrected chi connectivity index (χ0v) is 24.4. The third-order valence-corrected chi connectivity index (χ3v) is 7.43. The Bertz CT molecular complexity index is 1180. The highest BCUT2D eigenvalue weighted by atomic mass is 16.4. The van der Waals surface area contributed by atoms with Crippen molar-refractivity contribution >= 4 is 35.5 Å². The van der Waals surface area contributed by atoms with E-state index in [-0.39, 0.29) is 37.0 Å². The molecular weight excluding hydrogens is 546 g/mol. The fourth-order valence-electron chi connectivity index (χ4n) is 5.25. The van der Waals surface area contributed by atoms with Crippen LogP contribution in [0.5, 0.6) is 5.75 Å². The molecule has 6 N–H and O–H groups in total. The lowest BCUT2D eigenvalue weighted by Gasteiger charge is -2.30. The van der Waals surface area contributed by atoms with Crippen molar-refractivity contribution in [3.8, 4) is 5.75 Å². The lowest BCUT2D eigenvalue weighted by Crippen LogP contribution is -2.59. The van der Waals surface area contributed by atoms with E-state index in [1.165, 1.54) is 17.0 Å². The van der Waals surface area contributed by atoms with E-state index >= 15 is 0 Å². The van der Waals surface area contributed by atoms with Crippen molar-refractivity contribution < 1.29 is 39.0 Å². The largest absolute Gasteiger partial charge is 0.508 e. The van der Waals surface area contributed by atoms with Gasteiger partial charge in [-0.15, -0.1) is 0 Å². The lowest BCUT2D eigenvalue weighted by atomic mass is 9.98. The molecule has 2 fully saturated rings. The van der Waals surface area contributed by atoms with Gasteiger partial charge in [0.05, 0.1) is 6.42 Å². The van der Waals surface area contributed by atoms with Crippen LogP contribution in [-0.2, 0) is 35.2 Å². The van der Waals surface area contributed by atoms with Gasteiger partial charge in [0.15, 0.2) is 0 Å². The summed E-state index contributed by atoms with van der Waals surface area (Å²) >= 11 is 0. The second kappa shape index (κ2) is 14.1. The molecule has 0 spiro atoms. The number of amides is 5. The molecule has 0 bridgehead atoms. The Morgan fingerprint density at radius 3 is 2.05 bits per heavy atom. The van der Waals surface area contributed by atoms with E-state index in [9.17, 15) is 39.0 Å². The molecular formula is C29H41N5O8. The molecule has 0 unspecified atom stereocenters. The summed E-state index contributed by atoms with van der Waals surface area (Å²) in [6, 6.07) is 0.211. The Balaban J connectivity index is 2.06. The quantitative estimate of drug-likeness (QED) is 0.258. The van der Waals surface area contributed by atoms with Crippen LogP contribution >= 0.6 is 0 Å². The first kappa shape index (κ1) is 32.4. The highest BCUT2D eigenvalue weighted by Crippen LogP contribution is 2.21. The average Bonchev–Trinajstić information content (AvgIpc) is 3.40. The highest BCUT2D eigenvalue weighted by molar-refractivity contribution is 5.99. The molecule has 0 saturated carbocycles. The molecule has 1 aromatic carbocycles. The van der Waals surface area contributed by atoms with Crippen LogP contribution in [0.2, 0.25) is 0 Å². The molecule has 5 atom stereocenters. The van der Waals surface area contributed by atoms with Gasteiger partial charge in [-0.25, -0.2) is 0 Å². The Labute approximate surface area is 244 Å². The van der Waals surface area contributed by atoms with Crippen molar-refractivity contribution in [1.82, 2.24) is 26.2 Å². The zero-order valence-electron chi connectivity index (χ0n) is 24.4. The van der Waals surface area contributed by atoms with Gasteiger partial charge in [-0.3, -0.25) is 28.8 Å². The van der Waals surface area contributed by atoms with Gasteiger partial charge in [0, 0.05) is 13.0 Å². The number of phenols is 1. The van der Waals surface area contributed by atoms with Crippen LogP contribution in [0.15, 0.2) is 24.3 Å². The van der Waals surface area contributed by atoms with Gasteiger partial charge in [-0.1, -0.05) is 39.8 Å². The minimum atomic E-state index is -1.50. The van der Waals surface area contributed by atoms with E-state index in [1.807, 2.05) is 13.8 Å². The Hall–Kier alpha value is -4.16. The molecule has 13 heteroatoms. The number of carboxylic acid groups (broad SMARTS) is 1. The summed E-state index contributed by atoms with van der Waals surface area (Å²) in [6.45, 7) is 7.40. The van der Waals surface area contributed by atoms with E-state index in [0.29, 0.717) is 18.4 Å². The third kappa shape index (κ3) is 8.43. The summed E-state index contributed by atoms with van der Waals surface area (Å²) in [6.07, 6.45) is 0.235. The van der Waals surface area contributed by atoms with Gasteiger partial charge < -0.3 is 36.4 Å². The van der Waals surface area contributed by atoms with E-state index in [1.54, 1.807) is 26.0 Å². The number of nitrogens with zero attached hydrogens (tertiary/aromatic N) is 1. The van der Waals surface area contributed by atoms with Gasteiger partial charge in [0.1, 0.15) is 36.0 Å². The molecule has 2 saturated heterocycles. The van der Waals surface area contributed by atoms with Gasteiger partial charge in [-0.2, -0.15) is 0 Å². The molecule has 1 aromatic rings. The maximum Gasteiger partial charge on any atom is 0.305 e. The van der Waals surface area contributed by atoms with Crippen LogP contribution in [0.25, 0.3) is 0 Å². The number of aromatic hydroxyl groups is 1. The molecule has 0 radical (unpaired) electrons. The van der Waals surface area contributed by atoms with Gasteiger partial charge in [0.2, 0.25) is 29.5 Å². The highest BCUT2D eigenvalue weighted by Gasteiger charge is 2.41. The summed E-state index contributed by atoms with van der Waals surface area (Å²) in [7, 11) is 0. The number of rotatable bonds is 7. The van der Waals surface area contributed by atoms with E-state index in [0.717, 1.165) is 0 Å². The molecule has 42 heavy (non-hydrogen) atoms. The molecule has 2 heterocycles. The molecule has 2 aliphatic rings. The number of fused-ring (bicyclic) bond motifs is 1. The van der Waals surface area contributed by atoms with Gasteiger partial charge >= 0.3 is 5.97 Å². The van der Waals surface area contributed by atoms with Crippen LogP contribution in [0, 0.1) is 11.8 Å². The first-order valence-corrected chi connectivity index (χ1v) is 14.3. The van der Waals surface area contributed by atoms with Crippen LogP contribution in [0.1, 0.15) is 58.9 Å². The minimum Gasteiger partial charge on any atom is -0.508 e. The molecule has 230 valence electrons. The molecule has 0 aromatic heterocycles. The maximum atomic E-state index is 13.6. The first-order valence-electron chi connectivity index (χ1n) is 14.3. The molecule has 5 amide bonds. The number of benzene rings is 1. The van der Waals surface area contributed by atoms with Crippen molar-refractivity contribution in [2.24, 2.45) is 11.8 Å². The molecule has 0 aliphatic carbocycles. The second-order valence-electron chi connectivity index (χ2n) is 11.7. The SMILES string of the molecule is CC(C)C[C@H]1NC(=O)[C@H](C(C)C)NC(=O)[C@H]2CCCN2C(=O)[C@H](CC(=O)O)NC(=O)[C@H](Cc2ccc(O)cc2)NC1=O. The Kier molecular flexibility index (Phi) is 10.9.